The van der Waals surface area contributed by atoms with Gasteiger partial charge in [-0.3, -0.25) is 4.79 Å². The fourth-order valence-corrected chi connectivity index (χ4v) is 4.87. The SMILES string of the molecule is COCc1nc(OC)c2c(C)c(C(=O)Nc3cccc4c3CCCC4)sc2n1. The van der Waals surface area contributed by atoms with Gasteiger partial charge in [0, 0.05) is 12.8 Å². The number of rotatable bonds is 5. The highest BCUT2D eigenvalue weighted by molar-refractivity contribution is 7.20. The number of ether oxygens (including phenoxy) is 2. The van der Waals surface area contributed by atoms with Crippen LogP contribution in [0.2, 0.25) is 0 Å². The third-order valence-corrected chi connectivity index (χ3v) is 6.30. The molecule has 2 aromatic heterocycles. The van der Waals surface area contributed by atoms with Crippen LogP contribution in [0.25, 0.3) is 10.2 Å². The van der Waals surface area contributed by atoms with Gasteiger partial charge >= 0.3 is 0 Å². The van der Waals surface area contributed by atoms with Crippen LogP contribution in [0.4, 0.5) is 5.69 Å². The molecule has 7 heteroatoms. The van der Waals surface area contributed by atoms with Crippen molar-refractivity contribution in [2.24, 2.45) is 0 Å². The molecule has 0 bridgehead atoms. The van der Waals surface area contributed by atoms with Crippen LogP contribution in [0.15, 0.2) is 18.2 Å². The minimum Gasteiger partial charge on any atom is -0.480 e. The van der Waals surface area contributed by atoms with Gasteiger partial charge in [0.2, 0.25) is 5.88 Å². The molecule has 0 atom stereocenters. The highest BCUT2D eigenvalue weighted by Crippen LogP contribution is 2.36. The fourth-order valence-electron chi connectivity index (χ4n) is 3.78. The van der Waals surface area contributed by atoms with Crippen LogP contribution in [0, 0.1) is 6.92 Å². The zero-order valence-corrected chi connectivity index (χ0v) is 17.1. The van der Waals surface area contributed by atoms with Gasteiger partial charge in [0.1, 0.15) is 11.4 Å². The second kappa shape index (κ2) is 7.85. The number of fused-ring (bicyclic) bond motifs is 2. The predicted octanol–water partition coefficient (Wildman–Crippen LogP) is 4.29. The quantitative estimate of drug-likeness (QED) is 0.695. The maximum atomic E-state index is 13.1. The van der Waals surface area contributed by atoms with Crippen LogP contribution in [0.5, 0.6) is 5.88 Å². The topological polar surface area (TPSA) is 73.3 Å². The van der Waals surface area contributed by atoms with Gasteiger partial charge in [0.25, 0.3) is 5.91 Å². The maximum absolute atomic E-state index is 13.1. The summed E-state index contributed by atoms with van der Waals surface area (Å²) in [4.78, 5) is 23.4. The Bertz CT molecular complexity index is 1050. The number of aryl methyl sites for hydroxylation is 2. The summed E-state index contributed by atoms with van der Waals surface area (Å²) in [5.74, 6) is 0.897. The second-order valence-electron chi connectivity index (χ2n) is 6.92. The van der Waals surface area contributed by atoms with Crippen molar-refractivity contribution in [3.8, 4) is 5.88 Å². The molecular weight excluding hydrogens is 374 g/mol. The molecule has 1 aliphatic rings. The number of nitrogens with zero attached hydrogens (tertiary/aromatic N) is 2. The molecule has 0 saturated carbocycles. The lowest BCUT2D eigenvalue weighted by Crippen LogP contribution is -2.15. The van der Waals surface area contributed by atoms with Crippen molar-refractivity contribution in [1.29, 1.82) is 0 Å². The maximum Gasteiger partial charge on any atom is 0.266 e. The smallest absolute Gasteiger partial charge is 0.266 e. The molecule has 1 N–H and O–H groups in total. The van der Waals surface area contributed by atoms with Gasteiger partial charge in [-0.1, -0.05) is 12.1 Å². The highest BCUT2D eigenvalue weighted by Gasteiger charge is 2.22. The number of carbonyl (C=O) groups is 1. The zero-order chi connectivity index (χ0) is 19.7. The molecule has 0 radical (unpaired) electrons. The first kappa shape index (κ1) is 18.8. The van der Waals surface area contributed by atoms with Crippen LogP contribution in [0.3, 0.4) is 0 Å². The molecule has 4 rings (SSSR count). The van der Waals surface area contributed by atoms with E-state index in [0.29, 0.717) is 23.2 Å². The molecule has 1 aromatic carbocycles. The molecule has 6 nitrogen and oxygen atoms in total. The molecule has 28 heavy (non-hydrogen) atoms. The number of benzene rings is 1. The summed E-state index contributed by atoms with van der Waals surface area (Å²) in [5, 5.41) is 3.91. The van der Waals surface area contributed by atoms with Gasteiger partial charge in [0.15, 0.2) is 5.82 Å². The van der Waals surface area contributed by atoms with Gasteiger partial charge in [-0.15, -0.1) is 11.3 Å². The summed E-state index contributed by atoms with van der Waals surface area (Å²) in [6, 6.07) is 6.16. The summed E-state index contributed by atoms with van der Waals surface area (Å²) in [7, 11) is 3.17. The molecule has 0 aliphatic heterocycles. The molecule has 0 unspecified atom stereocenters. The Morgan fingerprint density at radius 3 is 2.82 bits per heavy atom. The molecule has 2 heterocycles. The summed E-state index contributed by atoms with van der Waals surface area (Å²) >= 11 is 1.36. The number of amides is 1. The minimum atomic E-state index is -0.116. The molecule has 3 aromatic rings. The number of aromatic nitrogens is 2. The number of anilines is 1. The van der Waals surface area contributed by atoms with Crippen LogP contribution < -0.4 is 10.1 Å². The molecule has 0 spiro atoms. The van der Waals surface area contributed by atoms with E-state index in [1.165, 1.54) is 28.9 Å². The number of methoxy groups -OCH3 is 2. The molecule has 0 fully saturated rings. The molecule has 146 valence electrons. The van der Waals surface area contributed by atoms with Crippen LogP contribution in [-0.4, -0.2) is 30.1 Å². The second-order valence-corrected chi connectivity index (χ2v) is 7.92. The molecule has 1 aliphatic carbocycles. The van der Waals surface area contributed by atoms with Crippen LogP contribution >= 0.6 is 11.3 Å². The lowest BCUT2D eigenvalue weighted by atomic mass is 9.90. The zero-order valence-electron chi connectivity index (χ0n) is 16.3. The Morgan fingerprint density at radius 1 is 1.21 bits per heavy atom. The van der Waals surface area contributed by atoms with Crippen molar-refractivity contribution in [3.63, 3.8) is 0 Å². The average molecular weight is 398 g/mol. The lowest BCUT2D eigenvalue weighted by molar-refractivity contribution is 0.103. The Hall–Kier alpha value is -2.51. The third-order valence-electron chi connectivity index (χ3n) is 5.12. The fraction of sp³-hybridized carbons (Fsp3) is 0.381. The monoisotopic (exact) mass is 397 g/mol. The van der Waals surface area contributed by atoms with E-state index in [1.807, 2.05) is 19.1 Å². The lowest BCUT2D eigenvalue weighted by Gasteiger charge is -2.19. The predicted molar refractivity (Wildman–Crippen MR) is 110 cm³/mol. The van der Waals surface area contributed by atoms with Gasteiger partial charge < -0.3 is 14.8 Å². The Kier molecular flexibility index (Phi) is 5.28. The van der Waals surface area contributed by atoms with Crippen molar-refractivity contribution in [2.75, 3.05) is 19.5 Å². The number of carbonyl (C=O) groups excluding carboxylic acids is 1. The van der Waals surface area contributed by atoms with E-state index in [0.717, 1.165) is 40.7 Å². The normalized spacial score (nSPS) is 13.4. The molecule has 0 saturated heterocycles. The number of hydrogen-bond donors (Lipinski definition) is 1. The van der Waals surface area contributed by atoms with Crippen LogP contribution in [0.1, 0.15) is 45.0 Å². The van der Waals surface area contributed by atoms with Crippen molar-refractivity contribution in [3.05, 3.63) is 45.6 Å². The number of hydrogen-bond acceptors (Lipinski definition) is 6. The van der Waals surface area contributed by atoms with Crippen molar-refractivity contribution >= 4 is 33.1 Å². The van der Waals surface area contributed by atoms with Gasteiger partial charge in [-0.05, 0) is 55.4 Å². The van der Waals surface area contributed by atoms with E-state index >= 15 is 0 Å². The molecule has 1 amide bonds. The number of thiophene rings is 1. The summed E-state index contributed by atoms with van der Waals surface area (Å²) in [6.45, 7) is 2.21. The number of nitrogens with one attached hydrogen (secondary N) is 1. The first-order valence-electron chi connectivity index (χ1n) is 9.37. The van der Waals surface area contributed by atoms with Crippen molar-refractivity contribution < 1.29 is 14.3 Å². The van der Waals surface area contributed by atoms with Gasteiger partial charge in [0.05, 0.1) is 17.4 Å². The Morgan fingerprint density at radius 2 is 2.04 bits per heavy atom. The van der Waals surface area contributed by atoms with Crippen LogP contribution in [-0.2, 0) is 24.2 Å². The minimum absolute atomic E-state index is 0.116. The summed E-state index contributed by atoms with van der Waals surface area (Å²) in [6.07, 6.45) is 4.46. The van der Waals surface area contributed by atoms with E-state index in [1.54, 1.807) is 14.2 Å². The standard InChI is InChI=1S/C21H23N3O3S/c1-12-17-20(27-3)23-16(11-26-2)24-21(17)28-18(12)19(25)22-15-10-6-8-13-7-4-5-9-14(13)15/h6,8,10H,4-5,7,9,11H2,1-3H3,(H,22,25). The van der Waals surface area contributed by atoms with E-state index in [4.69, 9.17) is 9.47 Å². The summed E-state index contributed by atoms with van der Waals surface area (Å²) < 4.78 is 10.6. The largest absolute Gasteiger partial charge is 0.480 e. The highest BCUT2D eigenvalue weighted by atomic mass is 32.1. The van der Waals surface area contributed by atoms with E-state index in [-0.39, 0.29) is 5.91 Å². The Balaban J connectivity index is 1.71. The third kappa shape index (κ3) is 3.36. The van der Waals surface area contributed by atoms with E-state index in [2.05, 4.69) is 21.4 Å². The van der Waals surface area contributed by atoms with Crippen molar-refractivity contribution in [2.45, 2.75) is 39.2 Å². The first-order chi connectivity index (χ1) is 13.6. The Labute approximate surface area is 167 Å². The average Bonchev–Trinajstić information content (AvgIpc) is 3.04. The molecular formula is C21H23N3O3S. The van der Waals surface area contributed by atoms with E-state index < -0.39 is 0 Å². The van der Waals surface area contributed by atoms with Crippen molar-refractivity contribution in [1.82, 2.24) is 9.97 Å². The first-order valence-corrected chi connectivity index (χ1v) is 10.2. The van der Waals surface area contributed by atoms with E-state index in [9.17, 15) is 4.79 Å². The summed E-state index contributed by atoms with van der Waals surface area (Å²) in [5.41, 5.74) is 4.36. The van der Waals surface area contributed by atoms with Gasteiger partial charge in [-0.2, -0.15) is 4.98 Å². The van der Waals surface area contributed by atoms with Gasteiger partial charge in [-0.25, -0.2) is 4.98 Å².